The molecule has 1 aromatic carbocycles. The van der Waals surface area contributed by atoms with Gasteiger partial charge < -0.3 is 10.4 Å². The summed E-state index contributed by atoms with van der Waals surface area (Å²) in [5, 5.41) is 11.9. The fourth-order valence-corrected chi connectivity index (χ4v) is 2.25. The number of carboxylic acids is 1. The van der Waals surface area contributed by atoms with Gasteiger partial charge in [0.25, 0.3) is 0 Å². The quantitative estimate of drug-likeness (QED) is 0.785. The second kappa shape index (κ2) is 8.25. The van der Waals surface area contributed by atoms with E-state index in [0.29, 0.717) is 5.69 Å². The highest BCUT2D eigenvalue weighted by Crippen LogP contribution is 2.24. The van der Waals surface area contributed by atoms with Crippen molar-refractivity contribution in [2.75, 3.05) is 5.32 Å². The number of carbonyl (C=O) groups excluding carboxylic acids is 1. The lowest BCUT2D eigenvalue weighted by Crippen LogP contribution is -2.08. The number of hydrogen-bond acceptors (Lipinski definition) is 2. The number of benzene rings is 1. The van der Waals surface area contributed by atoms with Gasteiger partial charge in [-0.3, -0.25) is 4.79 Å². The van der Waals surface area contributed by atoms with Crippen LogP contribution in [0.3, 0.4) is 0 Å². The molecule has 0 aliphatic carbocycles. The summed E-state index contributed by atoms with van der Waals surface area (Å²) >= 11 is 0. The Labute approximate surface area is 125 Å². The van der Waals surface area contributed by atoms with Gasteiger partial charge in [-0.25, -0.2) is 4.79 Å². The van der Waals surface area contributed by atoms with E-state index in [0.717, 1.165) is 31.2 Å². The Kier molecular flexibility index (Phi) is 6.66. The molecule has 0 saturated heterocycles. The molecule has 1 rings (SSSR count). The van der Waals surface area contributed by atoms with Crippen LogP contribution in [-0.4, -0.2) is 17.0 Å². The first-order valence-corrected chi connectivity index (χ1v) is 7.32. The second-order valence-corrected chi connectivity index (χ2v) is 5.09. The maximum absolute atomic E-state index is 11.3. The first-order valence-electron chi connectivity index (χ1n) is 7.32. The third kappa shape index (κ3) is 5.42. The minimum absolute atomic E-state index is 0.166. The van der Waals surface area contributed by atoms with Crippen LogP contribution in [0, 0.1) is 0 Å². The van der Waals surface area contributed by atoms with Crippen molar-refractivity contribution in [3.8, 4) is 0 Å². The zero-order chi connectivity index (χ0) is 15.8. The maximum Gasteiger partial charge on any atom is 0.335 e. The fourth-order valence-electron chi connectivity index (χ4n) is 2.25. The van der Waals surface area contributed by atoms with Gasteiger partial charge in [-0.15, -0.1) is 0 Å². The van der Waals surface area contributed by atoms with Crippen LogP contribution in [-0.2, 0) is 4.79 Å². The minimum atomic E-state index is -0.966. The van der Waals surface area contributed by atoms with Crippen LogP contribution >= 0.6 is 0 Å². The van der Waals surface area contributed by atoms with E-state index < -0.39 is 5.97 Å². The third-order valence-electron chi connectivity index (χ3n) is 3.11. The molecule has 0 heterocycles. The molecule has 0 fully saturated rings. The lowest BCUT2D eigenvalue weighted by molar-refractivity contribution is -0.114. The van der Waals surface area contributed by atoms with E-state index in [1.165, 1.54) is 18.6 Å². The van der Waals surface area contributed by atoms with Crippen LogP contribution < -0.4 is 5.32 Å². The van der Waals surface area contributed by atoms with Gasteiger partial charge in [-0.2, -0.15) is 0 Å². The molecule has 0 atom stereocenters. The molecule has 4 heteroatoms. The minimum Gasteiger partial charge on any atom is -0.478 e. The molecule has 0 aliphatic heterocycles. The molecule has 0 aromatic heterocycles. The number of carboxylic acid groups (broad SMARTS) is 1. The lowest BCUT2D eigenvalue weighted by atomic mass is 10.00. The van der Waals surface area contributed by atoms with E-state index in [1.54, 1.807) is 12.1 Å². The van der Waals surface area contributed by atoms with Crippen molar-refractivity contribution < 1.29 is 14.7 Å². The van der Waals surface area contributed by atoms with Crippen LogP contribution in [0.5, 0.6) is 0 Å². The molecule has 1 aromatic rings. The smallest absolute Gasteiger partial charge is 0.335 e. The van der Waals surface area contributed by atoms with Crippen LogP contribution in [0.15, 0.2) is 23.8 Å². The molecule has 4 nitrogen and oxygen atoms in total. The monoisotopic (exact) mass is 289 g/mol. The molecule has 1 amide bonds. The van der Waals surface area contributed by atoms with E-state index in [1.807, 2.05) is 6.08 Å². The molecule has 0 unspecified atom stereocenters. The topological polar surface area (TPSA) is 66.4 Å². The van der Waals surface area contributed by atoms with Crippen molar-refractivity contribution in [3.05, 3.63) is 34.9 Å². The molecule has 21 heavy (non-hydrogen) atoms. The highest BCUT2D eigenvalue weighted by Gasteiger charge is 2.09. The van der Waals surface area contributed by atoms with Crippen LogP contribution in [0.2, 0.25) is 0 Å². The molecule has 0 aliphatic rings. The van der Waals surface area contributed by atoms with E-state index >= 15 is 0 Å². The Morgan fingerprint density at radius 1 is 1.19 bits per heavy atom. The number of nitrogens with one attached hydrogen (secondary N) is 1. The van der Waals surface area contributed by atoms with Crippen molar-refractivity contribution in [2.45, 2.75) is 46.5 Å². The Morgan fingerprint density at radius 3 is 2.29 bits per heavy atom. The van der Waals surface area contributed by atoms with Crippen molar-refractivity contribution >= 4 is 23.6 Å². The number of aromatic carboxylic acids is 1. The molecule has 0 bridgehead atoms. The molecular weight excluding hydrogens is 266 g/mol. The first kappa shape index (κ1) is 17.0. The number of rotatable bonds is 7. The summed E-state index contributed by atoms with van der Waals surface area (Å²) in [6.45, 7) is 5.68. The summed E-state index contributed by atoms with van der Waals surface area (Å²) in [5.41, 5.74) is 2.90. The van der Waals surface area contributed by atoms with Gasteiger partial charge in [-0.1, -0.05) is 38.3 Å². The Balaban J connectivity index is 3.25. The van der Waals surface area contributed by atoms with Gasteiger partial charge >= 0.3 is 5.97 Å². The SMILES string of the molecule is CCCC(=Cc1cc(C(=O)O)ccc1NC(C)=O)CCC. The van der Waals surface area contributed by atoms with Crippen molar-refractivity contribution in [1.82, 2.24) is 0 Å². The molecular formula is C17H23NO3. The van der Waals surface area contributed by atoms with Gasteiger partial charge in [0.15, 0.2) is 0 Å². The number of anilines is 1. The lowest BCUT2D eigenvalue weighted by Gasteiger charge is -2.11. The van der Waals surface area contributed by atoms with Crippen molar-refractivity contribution in [1.29, 1.82) is 0 Å². The standard InChI is InChI=1S/C17H23NO3/c1-4-6-13(7-5-2)10-15-11-14(17(20)21)8-9-16(15)18-12(3)19/h8-11H,4-7H2,1-3H3,(H,18,19)(H,20,21). The second-order valence-electron chi connectivity index (χ2n) is 5.09. The zero-order valence-corrected chi connectivity index (χ0v) is 12.9. The van der Waals surface area contributed by atoms with Crippen LogP contribution in [0.25, 0.3) is 6.08 Å². The average Bonchev–Trinajstić information content (AvgIpc) is 2.40. The van der Waals surface area contributed by atoms with Crippen molar-refractivity contribution in [3.63, 3.8) is 0 Å². The van der Waals surface area contributed by atoms with Crippen LogP contribution in [0.1, 0.15) is 62.4 Å². The predicted octanol–water partition coefficient (Wildman–Crippen LogP) is 4.33. The molecule has 0 radical (unpaired) electrons. The third-order valence-corrected chi connectivity index (χ3v) is 3.11. The number of hydrogen-bond donors (Lipinski definition) is 2. The number of allylic oxidation sites excluding steroid dienone is 1. The Hall–Kier alpha value is -2.10. The van der Waals surface area contributed by atoms with E-state index in [2.05, 4.69) is 19.2 Å². The average molecular weight is 289 g/mol. The summed E-state index contributed by atoms with van der Waals surface area (Å²) in [7, 11) is 0. The molecule has 0 saturated carbocycles. The fraction of sp³-hybridized carbons (Fsp3) is 0.412. The van der Waals surface area contributed by atoms with Gasteiger partial charge in [0, 0.05) is 12.6 Å². The van der Waals surface area contributed by atoms with E-state index in [-0.39, 0.29) is 11.5 Å². The summed E-state index contributed by atoms with van der Waals surface area (Å²) in [4.78, 5) is 22.4. The Morgan fingerprint density at radius 2 is 1.81 bits per heavy atom. The van der Waals surface area contributed by atoms with E-state index in [9.17, 15) is 9.59 Å². The predicted molar refractivity (Wildman–Crippen MR) is 85.5 cm³/mol. The van der Waals surface area contributed by atoms with Gasteiger partial charge in [0.05, 0.1) is 5.56 Å². The Bertz CT molecular complexity index is 539. The van der Waals surface area contributed by atoms with Gasteiger partial charge in [0.2, 0.25) is 5.91 Å². The van der Waals surface area contributed by atoms with Gasteiger partial charge in [0.1, 0.15) is 0 Å². The number of carbonyl (C=O) groups is 2. The normalized spacial score (nSPS) is 10.0. The maximum atomic E-state index is 11.3. The zero-order valence-electron chi connectivity index (χ0n) is 12.9. The molecule has 2 N–H and O–H groups in total. The first-order chi connectivity index (χ1) is 9.97. The van der Waals surface area contributed by atoms with Crippen molar-refractivity contribution in [2.24, 2.45) is 0 Å². The highest BCUT2D eigenvalue weighted by molar-refractivity contribution is 5.94. The summed E-state index contributed by atoms with van der Waals surface area (Å²) < 4.78 is 0. The largest absolute Gasteiger partial charge is 0.478 e. The molecule has 0 spiro atoms. The summed E-state index contributed by atoms with van der Waals surface area (Å²) in [6.07, 6.45) is 6.04. The summed E-state index contributed by atoms with van der Waals surface area (Å²) in [5.74, 6) is -1.13. The van der Waals surface area contributed by atoms with Crippen LogP contribution in [0.4, 0.5) is 5.69 Å². The molecule has 114 valence electrons. The van der Waals surface area contributed by atoms with Gasteiger partial charge in [-0.05, 0) is 36.6 Å². The number of amides is 1. The highest BCUT2D eigenvalue weighted by atomic mass is 16.4. The van der Waals surface area contributed by atoms with E-state index in [4.69, 9.17) is 5.11 Å². The summed E-state index contributed by atoms with van der Waals surface area (Å²) in [6, 6.07) is 4.76.